The summed E-state index contributed by atoms with van der Waals surface area (Å²) in [4.78, 5) is 33.1. The molecule has 0 saturated heterocycles. The van der Waals surface area contributed by atoms with E-state index in [0.717, 1.165) is 0 Å². The summed E-state index contributed by atoms with van der Waals surface area (Å²) in [5, 5.41) is 30.6. The van der Waals surface area contributed by atoms with E-state index in [1.54, 1.807) is 19.1 Å². The average Bonchev–Trinajstić information content (AvgIpc) is 2.39. The maximum absolute atomic E-state index is 11.7. The number of nitrogens with zero attached hydrogens (tertiary/aromatic N) is 1. The van der Waals surface area contributed by atoms with Crippen LogP contribution < -0.4 is 10.6 Å². The zero-order chi connectivity index (χ0) is 16.0. The van der Waals surface area contributed by atoms with Gasteiger partial charge in [-0.25, -0.2) is 9.59 Å². The number of carboxylic acids is 2. The standard InChI is InChI=1S/C13H13N3O5/c1-7-2-3-8(6-14)4-9(7)15-13(21)16-10(12(19)20)5-11(17)18/h2-4,10H,5H2,1H3,(H,17,18)(H,19,20)(H2,15,16,21)/t10-/m1/s1. The Morgan fingerprint density at radius 3 is 2.52 bits per heavy atom. The molecule has 0 saturated carbocycles. The van der Waals surface area contributed by atoms with Crippen LogP contribution in [0.1, 0.15) is 17.5 Å². The van der Waals surface area contributed by atoms with Crippen LogP contribution in [-0.2, 0) is 9.59 Å². The number of benzene rings is 1. The monoisotopic (exact) mass is 291 g/mol. The van der Waals surface area contributed by atoms with Crippen LogP contribution in [0.4, 0.5) is 10.5 Å². The number of hydrogen-bond acceptors (Lipinski definition) is 4. The van der Waals surface area contributed by atoms with Gasteiger partial charge in [0.2, 0.25) is 0 Å². The highest BCUT2D eigenvalue weighted by molar-refractivity contribution is 5.94. The molecule has 1 atom stereocenters. The Labute approximate surface area is 120 Å². The van der Waals surface area contributed by atoms with Gasteiger partial charge in [0.15, 0.2) is 0 Å². The Morgan fingerprint density at radius 1 is 1.33 bits per heavy atom. The number of nitriles is 1. The number of aryl methyl sites for hydroxylation is 1. The zero-order valence-electron chi connectivity index (χ0n) is 11.1. The Hall–Kier alpha value is -3.08. The number of carbonyl (C=O) groups excluding carboxylic acids is 1. The van der Waals surface area contributed by atoms with Crippen molar-refractivity contribution >= 4 is 23.7 Å². The van der Waals surface area contributed by atoms with E-state index in [-0.39, 0.29) is 0 Å². The third-order valence-electron chi connectivity index (χ3n) is 2.60. The van der Waals surface area contributed by atoms with Gasteiger partial charge in [-0.15, -0.1) is 0 Å². The molecule has 2 amide bonds. The fraction of sp³-hybridized carbons (Fsp3) is 0.231. The van der Waals surface area contributed by atoms with E-state index in [2.05, 4.69) is 5.32 Å². The van der Waals surface area contributed by atoms with Crippen LogP contribution in [0.5, 0.6) is 0 Å². The first kappa shape index (κ1) is 16.0. The van der Waals surface area contributed by atoms with Gasteiger partial charge < -0.3 is 20.8 Å². The van der Waals surface area contributed by atoms with E-state index < -0.39 is 30.4 Å². The number of nitrogens with one attached hydrogen (secondary N) is 2. The third kappa shape index (κ3) is 4.83. The molecule has 110 valence electrons. The number of rotatable bonds is 5. The second kappa shape index (κ2) is 6.91. The molecule has 4 N–H and O–H groups in total. The molecule has 0 spiro atoms. The second-order valence-electron chi connectivity index (χ2n) is 4.23. The molecule has 0 heterocycles. The largest absolute Gasteiger partial charge is 0.481 e. The van der Waals surface area contributed by atoms with Crippen LogP contribution >= 0.6 is 0 Å². The molecule has 21 heavy (non-hydrogen) atoms. The fourth-order valence-electron chi connectivity index (χ4n) is 1.52. The summed E-state index contributed by atoms with van der Waals surface area (Å²) in [5.74, 6) is -2.79. The van der Waals surface area contributed by atoms with Crippen LogP contribution in [0.2, 0.25) is 0 Å². The molecule has 1 aromatic rings. The van der Waals surface area contributed by atoms with Gasteiger partial charge in [0.05, 0.1) is 18.1 Å². The van der Waals surface area contributed by atoms with Crippen molar-refractivity contribution in [3.05, 3.63) is 29.3 Å². The molecule has 0 aliphatic carbocycles. The van der Waals surface area contributed by atoms with Crippen molar-refractivity contribution in [2.24, 2.45) is 0 Å². The lowest BCUT2D eigenvalue weighted by molar-refractivity contribution is -0.145. The molecule has 1 aromatic carbocycles. The quantitative estimate of drug-likeness (QED) is 0.636. The SMILES string of the molecule is Cc1ccc(C#N)cc1NC(=O)N[C@H](CC(=O)O)C(=O)O. The number of carbonyl (C=O) groups is 3. The van der Waals surface area contributed by atoms with Crippen molar-refractivity contribution in [3.8, 4) is 6.07 Å². The molecule has 0 fully saturated rings. The number of amides is 2. The van der Waals surface area contributed by atoms with E-state index in [4.69, 9.17) is 15.5 Å². The van der Waals surface area contributed by atoms with Crippen LogP contribution in [0, 0.1) is 18.3 Å². The van der Waals surface area contributed by atoms with Gasteiger partial charge in [-0.3, -0.25) is 4.79 Å². The Kier molecular flexibility index (Phi) is 5.25. The minimum atomic E-state index is -1.54. The van der Waals surface area contributed by atoms with Gasteiger partial charge in [-0.2, -0.15) is 5.26 Å². The summed E-state index contributed by atoms with van der Waals surface area (Å²) in [7, 11) is 0. The van der Waals surface area contributed by atoms with Gasteiger partial charge in [-0.1, -0.05) is 6.07 Å². The highest BCUT2D eigenvalue weighted by atomic mass is 16.4. The summed E-state index contributed by atoms with van der Waals surface area (Å²) in [6.45, 7) is 1.70. The maximum Gasteiger partial charge on any atom is 0.326 e. The van der Waals surface area contributed by atoms with Crippen molar-refractivity contribution < 1.29 is 24.6 Å². The van der Waals surface area contributed by atoms with Crippen LogP contribution in [-0.4, -0.2) is 34.2 Å². The Morgan fingerprint density at radius 2 is 2.00 bits per heavy atom. The van der Waals surface area contributed by atoms with Crippen molar-refractivity contribution in [1.29, 1.82) is 5.26 Å². The predicted octanol–water partition coefficient (Wildman–Crippen LogP) is 0.916. The minimum absolute atomic E-state index is 0.330. The lowest BCUT2D eigenvalue weighted by Crippen LogP contribution is -2.44. The predicted molar refractivity (Wildman–Crippen MR) is 71.7 cm³/mol. The molecule has 8 nitrogen and oxygen atoms in total. The van der Waals surface area contributed by atoms with Crippen molar-refractivity contribution in [2.45, 2.75) is 19.4 Å². The van der Waals surface area contributed by atoms with Crippen LogP contribution in [0.25, 0.3) is 0 Å². The number of urea groups is 1. The first-order valence-corrected chi connectivity index (χ1v) is 5.86. The topological polar surface area (TPSA) is 140 Å². The second-order valence-corrected chi connectivity index (χ2v) is 4.23. The summed E-state index contributed by atoms with van der Waals surface area (Å²) >= 11 is 0. The lowest BCUT2D eigenvalue weighted by Gasteiger charge is -2.14. The van der Waals surface area contributed by atoms with E-state index in [1.807, 2.05) is 11.4 Å². The molecule has 0 bridgehead atoms. The fourth-order valence-corrected chi connectivity index (χ4v) is 1.52. The molecule has 0 unspecified atom stereocenters. The zero-order valence-corrected chi connectivity index (χ0v) is 11.1. The van der Waals surface area contributed by atoms with E-state index in [0.29, 0.717) is 16.8 Å². The molecule has 0 radical (unpaired) electrons. The smallest absolute Gasteiger partial charge is 0.326 e. The van der Waals surface area contributed by atoms with Crippen LogP contribution in [0.15, 0.2) is 18.2 Å². The van der Waals surface area contributed by atoms with E-state index in [9.17, 15) is 14.4 Å². The molecule has 0 aliphatic heterocycles. The lowest BCUT2D eigenvalue weighted by atomic mass is 10.1. The summed E-state index contributed by atoms with van der Waals surface area (Å²) in [6, 6.07) is 4.14. The highest BCUT2D eigenvalue weighted by Gasteiger charge is 2.23. The molecular formula is C13H13N3O5. The first-order chi connectivity index (χ1) is 9.83. The van der Waals surface area contributed by atoms with Gasteiger partial charge in [-0.05, 0) is 24.6 Å². The Balaban J connectivity index is 2.79. The number of carboxylic acid groups (broad SMARTS) is 2. The normalized spacial score (nSPS) is 11.0. The van der Waals surface area contributed by atoms with Gasteiger partial charge in [0.1, 0.15) is 6.04 Å². The van der Waals surface area contributed by atoms with Crippen LogP contribution in [0.3, 0.4) is 0 Å². The van der Waals surface area contributed by atoms with Gasteiger partial charge >= 0.3 is 18.0 Å². The number of anilines is 1. The minimum Gasteiger partial charge on any atom is -0.481 e. The van der Waals surface area contributed by atoms with Gasteiger partial charge in [0, 0.05) is 5.69 Å². The number of aliphatic carboxylic acids is 2. The summed E-state index contributed by atoms with van der Waals surface area (Å²) < 4.78 is 0. The highest BCUT2D eigenvalue weighted by Crippen LogP contribution is 2.16. The third-order valence-corrected chi connectivity index (χ3v) is 2.60. The summed E-state index contributed by atoms with van der Waals surface area (Å²) in [5.41, 5.74) is 1.34. The molecular weight excluding hydrogens is 278 g/mol. The van der Waals surface area contributed by atoms with Gasteiger partial charge in [0.25, 0.3) is 0 Å². The maximum atomic E-state index is 11.7. The molecule has 8 heteroatoms. The summed E-state index contributed by atoms with van der Waals surface area (Å²) in [6.07, 6.45) is -0.736. The van der Waals surface area contributed by atoms with E-state index >= 15 is 0 Å². The van der Waals surface area contributed by atoms with E-state index in [1.165, 1.54) is 6.07 Å². The average molecular weight is 291 g/mol. The van der Waals surface area contributed by atoms with Crippen molar-refractivity contribution in [1.82, 2.24) is 5.32 Å². The first-order valence-electron chi connectivity index (χ1n) is 5.86. The Bertz CT molecular complexity index is 621. The van der Waals surface area contributed by atoms with Crippen molar-refractivity contribution in [3.63, 3.8) is 0 Å². The molecule has 0 aromatic heterocycles. The number of hydrogen-bond donors (Lipinski definition) is 4. The molecule has 1 rings (SSSR count). The van der Waals surface area contributed by atoms with Crippen molar-refractivity contribution in [2.75, 3.05) is 5.32 Å². The molecule has 0 aliphatic rings.